The number of para-hydroxylation sites is 1. The van der Waals surface area contributed by atoms with Crippen LogP contribution in [0, 0.1) is 5.92 Å². The fourth-order valence-electron chi connectivity index (χ4n) is 1.73. The van der Waals surface area contributed by atoms with Crippen molar-refractivity contribution in [1.82, 2.24) is 10.2 Å². The fraction of sp³-hybridized carbons (Fsp3) is 0.267. The number of nitrogens with zero attached hydrogens (tertiary/aromatic N) is 2. The van der Waals surface area contributed by atoms with Gasteiger partial charge in [-0.2, -0.15) is 0 Å². The molecular weight excluding hydrogens is 332 g/mol. The molecular formula is C15H17BrN4O. The monoisotopic (exact) mass is 348 g/mol. The summed E-state index contributed by atoms with van der Waals surface area (Å²) in [7, 11) is 0. The lowest BCUT2D eigenvalue weighted by molar-refractivity contribution is -0.116. The number of hydrogen-bond donors (Lipinski definition) is 2. The number of nitrogens with one attached hydrogen (secondary N) is 2. The summed E-state index contributed by atoms with van der Waals surface area (Å²) in [6.45, 7) is 3.99. The minimum Gasteiger partial charge on any atom is -0.338 e. The Morgan fingerprint density at radius 2 is 1.81 bits per heavy atom. The molecule has 2 rings (SSSR count). The van der Waals surface area contributed by atoms with E-state index in [1.54, 1.807) is 12.1 Å². The number of carbonyl (C=O) groups is 1. The van der Waals surface area contributed by atoms with Crippen molar-refractivity contribution in [1.29, 1.82) is 0 Å². The highest BCUT2D eigenvalue weighted by Gasteiger charge is 2.07. The van der Waals surface area contributed by atoms with Crippen LogP contribution < -0.4 is 10.6 Å². The van der Waals surface area contributed by atoms with Crippen molar-refractivity contribution in [3.05, 3.63) is 40.9 Å². The Morgan fingerprint density at radius 3 is 2.43 bits per heavy atom. The Bertz CT molecular complexity index is 613. The number of amides is 1. The SMILES string of the molecule is CC(C)CC(=O)Nc1ccc(Nc2ccccc2Br)nn1. The first-order valence-electron chi connectivity index (χ1n) is 6.69. The zero-order valence-electron chi connectivity index (χ0n) is 11.9. The zero-order chi connectivity index (χ0) is 15.2. The van der Waals surface area contributed by atoms with E-state index >= 15 is 0 Å². The predicted octanol–water partition coefficient (Wildman–Crippen LogP) is 3.97. The number of carbonyl (C=O) groups excluding carboxylic acids is 1. The summed E-state index contributed by atoms with van der Waals surface area (Å²) in [5.41, 5.74) is 0.906. The highest BCUT2D eigenvalue weighted by molar-refractivity contribution is 9.10. The van der Waals surface area contributed by atoms with Crippen molar-refractivity contribution >= 4 is 39.2 Å². The predicted molar refractivity (Wildman–Crippen MR) is 87.5 cm³/mol. The van der Waals surface area contributed by atoms with E-state index in [4.69, 9.17) is 0 Å². The van der Waals surface area contributed by atoms with Crippen LogP contribution >= 0.6 is 15.9 Å². The summed E-state index contributed by atoms with van der Waals surface area (Å²) in [5.74, 6) is 1.34. The third-order valence-corrected chi connectivity index (χ3v) is 3.35. The van der Waals surface area contributed by atoms with Crippen LogP contribution in [0.1, 0.15) is 20.3 Å². The molecule has 6 heteroatoms. The second-order valence-electron chi connectivity index (χ2n) is 5.05. The summed E-state index contributed by atoms with van der Waals surface area (Å²) < 4.78 is 0.945. The number of benzene rings is 1. The van der Waals surface area contributed by atoms with E-state index in [-0.39, 0.29) is 5.91 Å². The van der Waals surface area contributed by atoms with Crippen LogP contribution in [0.3, 0.4) is 0 Å². The first-order valence-corrected chi connectivity index (χ1v) is 7.49. The Labute approximate surface area is 132 Å². The van der Waals surface area contributed by atoms with Crippen molar-refractivity contribution < 1.29 is 4.79 Å². The van der Waals surface area contributed by atoms with E-state index in [0.29, 0.717) is 24.0 Å². The third-order valence-electron chi connectivity index (χ3n) is 2.66. The largest absolute Gasteiger partial charge is 0.338 e. The maximum atomic E-state index is 11.6. The Morgan fingerprint density at radius 1 is 1.14 bits per heavy atom. The van der Waals surface area contributed by atoms with Crippen molar-refractivity contribution in [2.45, 2.75) is 20.3 Å². The van der Waals surface area contributed by atoms with Gasteiger partial charge < -0.3 is 10.6 Å². The van der Waals surface area contributed by atoms with Crippen molar-refractivity contribution in [3.63, 3.8) is 0 Å². The minimum atomic E-state index is -0.0502. The van der Waals surface area contributed by atoms with Crippen molar-refractivity contribution in [2.24, 2.45) is 5.92 Å². The molecule has 0 atom stereocenters. The second kappa shape index (κ2) is 7.17. The maximum Gasteiger partial charge on any atom is 0.225 e. The van der Waals surface area contributed by atoms with Gasteiger partial charge in [0.05, 0.1) is 5.69 Å². The molecule has 0 bridgehead atoms. The number of rotatable bonds is 5. The van der Waals surface area contributed by atoms with E-state index in [1.807, 2.05) is 38.1 Å². The van der Waals surface area contributed by atoms with Gasteiger partial charge in [-0.15, -0.1) is 10.2 Å². The van der Waals surface area contributed by atoms with E-state index < -0.39 is 0 Å². The molecule has 0 fully saturated rings. The molecule has 1 heterocycles. The van der Waals surface area contributed by atoms with E-state index in [0.717, 1.165) is 10.2 Å². The highest BCUT2D eigenvalue weighted by atomic mass is 79.9. The van der Waals surface area contributed by atoms with Gasteiger partial charge in [0.25, 0.3) is 0 Å². The van der Waals surface area contributed by atoms with Crippen molar-refractivity contribution in [3.8, 4) is 0 Å². The van der Waals surface area contributed by atoms with Gasteiger partial charge in [-0.1, -0.05) is 26.0 Å². The number of aromatic nitrogens is 2. The molecule has 21 heavy (non-hydrogen) atoms. The average molecular weight is 349 g/mol. The quantitative estimate of drug-likeness (QED) is 0.857. The minimum absolute atomic E-state index is 0.0502. The van der Waals surface area contributed by atoms with Crippen LogP contribution in [0.2, 0.25) is 0 Å². The number of hydrogen-bond acceptors (Lipinski definition) is 4. The fourth-order valence-corrected chi connectivity index (χ4v) is 2.11. The molecule has 1 aromatic carbocycles. The molecule has 0 radical (unpaired) electrons. The second-order valence-corrected chi connectivity index (χ2v) is 5.91. The molecule has 1 amide bonds. The highest BCUT2D eigenvalue weighted by Crippen LogP contribution is 2.24. The molecule has 1 aromatic heterocycles. The van der Waals surface area contributed by atoms with Crippen molar-refractivity contribution in [2.75, 3.05) is 10.6 Å². The first kappa shape index (κ1) is 15.4. The van der Waals surface area contributed by atoms with Gasteiger partial charge in [-0.05, 0) is 46.1 Å². The molecule has 0 saturated carbocycles. The van der Waals surface area contributed by atoms with E-state index in [9.17, 15) is 4.79 Å². The lowest BCUT2D eigenvalue weighted by Crippen LogP contribution is -2.15. The molecule has 0 aliphatic carbocycles. The van der Waals surface area contributed by atoms with Crippen LogP contribution in [0.5, 0.6) is 0 Å². The summed E-state index contributed by atoms with van der Waals surface area (Å²) in [6, 6.07) is 11.2. The van der Waals surface area contributed by atoms with Crippen LogP contribution in [-0.4, -0.2) is 16.1 Å². The maximum absolute atomic E-state index is 11.6. The lowest BCUT2D eigenvalue weighted by Gasteiger charge is -2.08. The van der Waals surface area contributed by atoms with Gasteiger partial charge in [-0.3, -0.25) is 4.79 Å². The van der Waals surface area contributed by atoms with E-state index in [2.05, 4.69) is 36.8 Å². The molecule has 0 aliphatic heterocycles. The lowest BCUT2D eigenvalue weighted by atomic mass is 10.1. The topological polar surface area (TPSA) is 66.9 Å². The zero-order valence-corrected chi connectivity index (χ0v) is 13.5. The van der Waals surface area contributed by atoms with Crippen LogP contribution in [0.15, 0.2) is 40.9 Å². The Hall–Kier alpha value is -1.95. The molecule has 2 aromatic rings. The normalized spacial score (nSPS) is 10.5. The number of halogens is 1. The third kappa shape index (κ3) is 4.82. The van der Waals surface area contributed by atoms with Gasteiger partial charge in [0.2, 0.25) is 5.91 Å². The van der Waals surface area contributed by atoms with Crippen LogP contribution in [0.4, 0.5) is 17.3 Å². The summed E-state index contributed by atoms with van der Waals surface area (Å²) in [6.07, 6.45) is 0.471. The van der Waals surface area contributed by atoms with Crippen LogP contribution in [0.25, 0.3) is 0 Å². The standard InChI is InChI=1S/C15H17BrN4O/c1-10(2)9-15(21)18-14-8-7-13(19-20-14)17-12-6-4-3-5-11(12)16/h3-8,10H,9H2,1-2H3,(H,17,19)(H,18,20,21). The van der Waals surface area contributed by atoms with Gasteiger partial charge >= 0.3 is 0 Å². The molecule has 110 valence electrons. The number of anilines is 3. The molecule has 0 unspecified atom stereocenters. The molecule has 2 N–H and O–H groups in total. The van der Waals surface area contributed by atoms with Gasteiger partial charge in [0, 0.05) is 10.9 Å². The molecule has 0 spiro atoms. The molecule has 5 nitrogen and oxygen atoms in total. The van der Waals surface area contributed by atoms with Crippen LogP contribution in [-0.2, 0) is 4.79 Å². The molecule has 0 saturated heterocycles. The smallest absolute Gasteiger partial charge is 0.225 e. The first-order chi connectivity index (χ1) is 10.0. The van der Waals surface area contributed by atoms with Gasteiger partial charge in [0.15, 0.2) is 11.6 Å². The van der Waals surface area contributed by atoms with E-state index in [1.165, 1.54) is 0 Å². The Kier molecular flexibility index (Phi) is 5.27. The summed E-state index contributed by atoms with van der Waals surface area (Å²) in [4.78, 5) is 11.6. The van der Waals surface area contributed by atoms with Gasteiger partial charge in [-0.25, -0.2) is 0 Å². The summed E-state index contributed by atoms with van der Waals surface area (Å²) >= 11 is 3.46. The van der Waals surface area contributed by atoms with Gasteiger partial charge in [0.1, 0.15) is 0 Å². The average Bonchev–Trinajstić information content (AvgIpc) is 2.42. The molecule has 0 aliphatic rings. The Balaban J connectivity index is 1.99. The summed E-state index contributed by atoms with van der Waals surface area (Å²) in [5, 5.41) is 13.9.